The summed E-state index contributed by atoms with van der Waals surface area (Å²) in [6, 6.07) is 11.2. The molecule has 0 spiro atoms. The topological polar surface area (TPSA) is 37.8 Å². The zero-order valence-electron chi connectivity index (χ0n) is 12.2. The van der Waals surface area contributed by atoms with Crippen molar-refractivity contribution in [1.29, 1.82) is 0 Å². The molecule has 2 aromatic rings. The summed E-state index contributed by atoms with van der Waals surface area (Å²) in [4.78, 5) is 9.27. The maximum atomic E-state index is 4.70. The van der Waals surface area contributed by atoms with Crippen molar-refractivity contribution in [3.8, 4) is 0 Å². The smallest absolute Gasteiger partial charge is 0.133 e. The zero-order chi connectivity index (χ0) is 13.9. The maximum Gasteiger partial charge on any atom is 0.133 e. The standard InChI is InChI=1S/C17H21N3/c1-12-5-3-4-6-14(12)10-17-19-13(2)9-16(20-17)11-18-15-7-8-15/h3-6,9,15,18H,7-8,10-11H2,1-2H3. The van der Waals surface area contributed by atoms with Crippen LogP contribution < -0.4 is 5.32 Å². The predicted molar refractivity (Wildman–Crippen MR) is 80.6 cm³/mol. The highest BCUT2D eigenvalue weighted by molar-refractivity contribution is 5.28. The van der Waals surface area contributed by atoms with Gasteiger partial charge in [0.25, 0.3) is 0 Å². The first-order valence-electron chi connectivity index (χ1n) is 7.32. The zero-order valence-corrected chi connectivity index (χ0v) is 12.2. The number of aryl methyl sites for hydroxylation is 2. The van der Waals surface area contributed by atoms with Gasteiger partial charge in [-0.3, -0.25) is 0 Å². The van der Waals surface area contributed by atoms with Crippen LogP contribution in [0.4, 0.5) is 0 Å². The van der Waals surface area contributed by atoms with Gasteiger partial charge >= 0.3 is 0 Å². The van der Waals surface area contributed by atoms with E-state index < -0.39 is 0 Å². The highest BCUT2D eigenvalue weighted by Gasteiger charge is 2.20. The van der Waals surface area contributed by atoms with Crippen LogP contribution in [0.15, 0.2) is 30.3 Å². The van der Waals surface area contributed by atoms with E-state index >= 15 is 0 Å². The SMILES string of the molecule is Cc1cc(CNC2CC2)nc(Cc2ccccc2C)n1. The molecule has 3 nitrogen and oxygen atoms in total. The maximum absolute atomic E-state index is 4.70. The first-order chi connectivity index (χ1) is 9.70. The summed E-state index contributed by atoms with van der Waals surface area (Å²) in [6.07, 6.45) is 3.42. The van der Waals surface area contributed by atoms with Crippen LogP contribution in [0, 0.1) is 13.8 Å². The minimum atomic E-state index is 0.713. The van der Waals surface area contributed by atoms with Crippen molar-refractivity contribution >= 4 is 0 Å². The molecule has 1 aromatic heterocycles. The number of nitrogens with zero attached hydrogens (tertiary/aromatic N) is 2. The van der Waals surface area contributed by atoms with Crippen LogP contribution in [0.2, 0.25) is 0 Å². The van der Waals surface area contributed by atoms with Gasteiger partial charge in [0, 0.05) is 24.7 Å². The minimum Gasteiger partial charge on any atom is -0.308 e. The molecule has 1 heterocycles. The van der Waals surface area contributed by atoms with Gasteiger partial charge in [-0.2, -0.15) is 0 Å². The van der Waals surface area contributed by atoms with Crippen molar-refractivity contribution in [3.05, 3.63) is 58.7 Å². The average Bonchev–Trinajstić information content (AvgIpc) is 3.23. The molecular weight excluding hydrogens is 246 g/mol. The van der Waals surface area contributed by atoms with Crippen LogP contribution in [0.1, 0.15) is 41.2 Å². The first-order valence-corrected chi connectivity index (χ1v) is 7.32. The van der Waals surface area contributed by atoms with Gasteiger partial charge < -0.3 is 5.32 Å². The fourth-order valence-corrected chi connectivity index (χ4v) is 2.38. The Morgan fingerprint density at radius 2 is 1.95 bits per heavy atom. The summed E-state index contributed by atoms with van der Waals surface area (Å²) in [7, 11) is 0. The monoisotopic (exact) mass is 267 g/mol. The molecule has 1 aliphatic carbocycles. The van der Waals surface area contributed by atoms with Crippen LogP contribution in [0.25, 0.3) is 0 Å². The van der Waals surface area contributed by atoms with Crippen LogP contribution in [-0.2, 0) is 13.0 Å². The molecule has 1 saturated carbocycles. The van der Waals surface area contributed by atoms with E-state index in [1.54, 1.807) is 0 Å². The van der Waals surface area contributed by atoms with Gasteiger partial charge in [-0.15, -0.1) is 0 Å². The molecule has 0 amide bonds. The van der Waals surface area contributed by atoms with Gasteiger partial charge in [0.15, 0.2) is 0 Å². The molecule has 1 aliphatic rings. The fourth-order valence-electron chi connectivity index (χ4n) is 2.38. The summed E-state index contributed by atoms with van der Waals surface area (Å²) in [5, 5.41) is 3.51. The Morgan fingerprint density at radius 3 is 2.70 bits per heavy atom. The van der Waals surface area contributed by atoms with Gasteiger partial charge in [0.05, 0.1) is 5.69 Å². The van der Waals surface area contributed by atoms with E-state index in [2.05, 4.69) is 47.6 Å². The minimum absolute atomic E-state index is 0.713. The van der Waals surface area contributed by atoms with Crippen molar-refractivity contribution in [1.82, 2.24) is 15.3 Å². The molecule has 0 aliphatic heterocycles. The van der Waals surface area contributed by atoms with Crippen molar-refractivity contribution in [3.63, 3.8) is 0 Å². The van der Waals surface area contributed by atoms with Gasteiger partial charge in [-0.25, -0.2) is 9.97 Å². The lowest BCUT2D eigenvalue weighted by atomic mass is 10.1. The molecular formula is C17H21N3. The fraction of sp³-hybridized carbons (Fsp3) is 0.412. The molecule has 0 radical (unpaired) electrons. The third-order valence-electron chi connectivity index (χ3n) is 3.71. The molecule has 1 N–H and O–H groups in total. The van der Waals surface area contributed by atoms with Crippen LogP contribution in [-0.4, -0.2) is 16.0 Å². The predicted octanol–water partition coefficient (Wildman–Crippen LogP) is 2.94. The Kier molecular flexibility index (Phi) is 3.79. The third-order valence-corrected chi connectivity index (χ3v) is 3.71. The Bertz CT molecular complexity index is 603. The number of benzene rings is 1. The van der Waals surface area contributed by atoms with E-state index in [1.807, 2.05) is 6.92 Å². The van der Waals surface area contributed by atoms with E-state index in [0.717, 1.165) is 30.2 Å². The summed E-state index contributed by atoms with van der Waals surface area (Å²) < 4.78 is 0. The molecule has 0 atom stereocenters. The van der Waals surface area contributed by atoms with Crippen molar-refractivity contribution < 1.29 is 0 Å². The highest BCUT2D eigenvalue weighted by Crippen LogP contribution is 2.19. The van der Waals surface area contributed by atoms with Crippen molar-refractivity contribution in [2.75, 3.05) is 0 Å². The molecule has 3 heteroatoms. The second kappa shape index (κ2) is 5.71. The van der Waals surface area contributed by atoms with E-state index in [4.69, 9.17) is 4.98 Å². The molecule has 1 aromatic carbocycles. The van der Waals surface area contributed by atoms with Crippen molar-refractivity contribution in [2.45, 2.75) is 45.7 Å². The largest absolute Gasteiger partial charge is 0.308 e. The number of rotatable bonds is 5. The summed E-state index contributed by atoms with van der Waals surface area (Å²) in [5.74, 6) is 0.923. The molecule has 0 bridgehead atoms. The quantitative estimate of drug-likeness (QED) is 0.905. The van der Waals surface area contributed by atoms with Gasteiger partial charge in [-0.1, -0.05) is 24.3 Å². The number of aromatic nitrogens is 2. The van der Waals surface area contributed by atoms with Gasteiger partial charge in [0.1, 0.15) is 5.82 Å². The number of nitrogens with one attached hydrogen (secondary N) is 1. The lowest BCUT2D eigenvalue weighted by Crippen LogP contribution is -2.17. The van der Waals surface area contributed by atoms with Crippen LogP contribution >= 0.6 is 0 Å². The molecule has 1 fully saturated rings. The lowest BCUT2D eigenvalue weighted by molar-refractivity contribution is 0.667. The molecule has 3 rings (SSSR count). The lowest BCUT2D eigenvalue weighted by Gasteiger charge is -2.08. The molecule has 104 valence electrons. The van der Waals surface area contributed by atoms with E-state index in [0.29, 0.717) is 6.04 Å². The third kappa shape index (κ3) is 3.42. The molecule has 0 saturated heterocycles. The normalized spacial score (nSPS) is 14.5. The summed E-state index contributed by atoms with van der Waals surface area (Å²) >= 11 is 0. The Hall–Kier alpha value is -1.74. The van der Waals surface area contributed by atoms with E-state index in [-0.39, 0.29) is 0 Å². The van der Waals surface area contributed by atoms with Gasteiger partial charge in [-0.05, 0) is 43.9 Å². The second-order valence-electron chi connectivity index (χ2n) is 5.68. The number of hydrogen-bond donors (Lipinski definition) is 1. The van der Waals surface area contributed by atoms with E-state index in [9.17, 15) is 0 Å². The number of hydrogen-bond acceptors (Lipinski definition) is 3. The second-order valence-corrected chi connectivity index (χ2v) is 5.68. The molecule has 20 heavy (non-hydrogen) atoms. The Morgan fingerprint density at radius 1 is 1.15 bits per heavy atom. The molecule has 0 unspecified atom stereocenters. The summed E-state index contributed by atoms with van der Waals surface area (Å²) in [5.41, 5.74) is 4.76. The average molecular weight is 267 g/mol. The summed E-state index contributed by atoms with van der Waals surface area (Å²) in [6.45, 7) is 5.04. The Balaban J connectivity index is 1.76. The van der Waals surface area contributed by atoms with Crippen LogP contribution in [0.5, 0.6) is 0 Å². The van der Waals surface area contributed by atoms with Gasteiger partial charge in [0.2, 0.25) is 0 Å². The van der Waals surface area contributed by atoms with Crippen molar-refractivity contribution in [2.24, 2.45) is 0 Å². The Labute approximate surface area is 120 Å². The van der Waals surface area contributed by atoms with E-state index in [1.165, 1.54) is 24.0 Å². The highest BCUT2D eigenvalue weighted by atomic mass is 15.0. The van der Waals surface area contributed by atoms with Crippen LogP contribution in [0.3, 0.4) is 0 Å². The first kappa shape index (κ1) is 13.3.